The van der Waals surface area contributed by atoms with Gasteiger partial charge in [0.2, 0.25) is 5.78 Å². The van der Waals surface area contributed by atoms with Crippen LogP contribution in [0.3, 0.4) is 0 Å². The minimum absolute atomic E-state index is 0.0490. The van der Waals surface area contributed by atoms with Crippen molar-refractivity contribution in [2.75, 3.05) is 6.61 Å². The molecule has 0 amide bonds. The van der Waals surface area contributed by atoms with Gasteiger partial charge in [-0.25, -0.2) is 0 Å². The second-order valence-corrected chi connectivity index (χ2v) is 5.78. The molecular formula is C16H18O2S. The van der Waals surface area contributed by atoms with Crippen LogP contribution in [0, 0.1) is 13.8 Å². The van der Waals surface area contributed by atoms with Gasteiger partial charge in [-0.3, -0.25) is 4.79 Å². The van der Waals surface area contributed by atoms with Crippen LogP contribution in [0.25, 0.3) is 0 Å². The first kappa shape index (κ1) is 13.8. The number of ketones is 1. The fourth-order valence-electron chi connectivity index (χ4n) is 1.81. The van der Waals surface area contributed by atoms with Crippen LogP contribution in [0.2, 0.25) is 0 Å². The highest BCUT2D eigenvalue weighted by Crippen LogP contribution is 2.27. The molecule has 0 fully saturated rings. The lowest BCUT2D eigenvalue weighted by Gasteiger charge is -2.09. The molecule has 0 aliphatic heterocycles. The van der Waals surface area contributed by atoms with Crippen LogP contribution in [0.4, 0.5) is 0 Å². The molecule has 0 saturated carbocycles. The van der Waals surface area contributed by atoms with E-state index >= 15 is 0 Å². The van der Waals surface area contributed by atoms with E-state index in [0.29, 0.717) is 17.9 Å². The van der Waals surface area contributed by atoms with E-state index in [1.807, 2.05) is 44.2 Å². The quantitative estimate of drug-likeness (QED) is 0.756. The van der Waals surface area contributed by atoms with Crippen LogP contribution >= 0.6 is 11.3 Å². The van der Waals surface area contributed by atoms with Gasteiger partial charge in [-0.1, -0.05) is 19.1 Å². The summed E-state index contributed by atoms with van der Waals surface area (Å²) in [6.07, 6.45) is 0.930. The Labute approximate surface area is 118 Å². The second kappa shape index (κ2) is 6.02. The highest BCUT2D eigenvalue weighted by molar-refractivity contribution is 7.14. The fraction of sp³-hybridized carbons (Fsp3) is 0.312. The molecular weight excluding hydrogens is 256 g/mol. The number of hydrogen-bond donors (Lipinski definition) is 0. The second-order valence-electron chi connectivity index (χ2n) is 4.52. The first-order chi connectivity index (χ1) is 9.13. The van der Waals surface area contributed by atoms with Crippen molar-refractivity contribution in [3.05, 3.63) is 51.2 Å². The summed E-state index contributed by atoms with van der Waals surface area (Å²) in [6.45, 7) is 6.75. The van der Waals surface area contributed by atoms with E-state index in [1.54, 1.807) is 11.3 Å². The first-order valence-corrected chi connectivity index (χ1v) is 7.28. The molecule has 100 valence electrons. The molecule has 3 heteroatoms. The van der Waals surface area contributed by atoms with Gasteiger partial charge in [0.1, 0.15) is 5.75 Å². The molecule has 0 aliphatic carbocycles. The third-order valence-corrected chi connectivity index (χ3v) is 4.13. The van der Waals surface area contributed by atoms with Crippen molar-refractivity contribution < 1.29 is 9.53 Å². The minimum atomic E-state index is 0.0490. The molecule has 2 rings (SSSR count). The molecule has 0 saturated heterocycles. The molecule has 1 aromatic heterocycles. The van der Waals surface area contributed by atoms with Gasteiger partial charge in [-0.15, -0.1) is 11.3 Å². The number of aryl methyl sites for hydroxylation is 2. The SMILES string of the molecule is CCCOc1ccccc1C(=O)c1cc(C)c(C)s1. The van der Waals surface area contributed by atoms with E-state index < -0.39 is 0 Å². The summed E-state index contributed by atoms with van der Waals surface area (Å²) >= 11 is 1.54. The van der Waals surface area contributed by atoms with Gasteiger partial charge in [0.05, 0.1) is 17.0 Å². The Morgan fingerprint density at radius 3 is 2.63 bits per heavy atom. The molecule has 0 radical (unpaired) electrons. The van der Waals surface area contributed by atoms with Crippen molar-refractivity contribution in [1.82, 2.24) is 0 Å². The summed E-state index contributed by atoms with van der Waals surface area (Å²) in [5.74, 6) is 0.728. The molecule has 0 N–H and O–H groups in total. The van der Waals surface area contributed by atoms with E-state index in [1.165, 1.54) is 10.4 Å². The van der Waals surface area contributed by atoms with Gasteiger partial charge < -0.3 is 4.74 Å². The van der Waals surface area contributed by atoms with Gasteiger partial charge in [0.25, 0.3) is 0 Å². The number of carbonyl (C=O) groups is 1. The van der Waals surface area contributed by atoms with Gasteiger partial charge in [-0.2, -0.15) is 0 Å². The summed E-state index contributed by atoms with van der Waals surface area (Å²) in [4.78, 5) is 14.5. The summed E-state index contributed by atoms with van der Waals surface area (Å²) in [5, 5.41) is 0. The minimum Gasteiger partial charge on any atom is -0.493 e. The van der Waals surface area contributed by atoms with E-state index in [-0.39, 0.29) is 5.78 Å². The average molecular weight is 274 g/mol. The number of benzene rings is 1. The summed E-state index contributed by atoms with van der Waals surface area (Å²) < 4.78 is 5.65. The lowest BCUT2D eigenvalue weighted by atomic mass is 10.1. The van der Waals surface area contributed by atoms with Crippen molar-refractivity contribution in [3.63, 3.8) is 0 Å². The molecule has 2 aromatic rings. The number of carbonyl (C=O) groups excluding carboxylic acids is 1. The van der Waals surface area contributed by atoms with Crippen molar-refractivity contribution in [1.29, 1.82) is 0 Å². The maximum atomic E-state index is 12.5. The number of hydrogen-bond acceptors (Lipinski definition) is 3. The Kier molecular flexibility index (Phi) is 4.38. The zero-order chi connectivity index (χ0) is 13.8. The first-order valence-electron chi connectivity index (χ1n) is 6.47. The summed E-state index contributed by atoms with van der Waals surface area (Å²) in [5.41, 5.74) is 1.82. The molecule has 0 aliphatic rings. The van der Waals surface area contributed by atoms with Crippen LogP contribution in [0.1, 0.15) is 39.0 Å². The molecule has 1 heterocycles. The predicted octanol–water partition coefficient (Wildman–Crippen LogP) is 4.38. The number of rotatable bonds is 5. The maximum absolute atomic E-state index is 12.5. The summed E-state index contributed by atoms with van der Waals surface area (Å²) in [6, 6.07) is 9.42. The molecule has 0 spiro atoms. The highest BCUT2D eigenvalue weighted by atomic mass is 32.1. The zero-order valence-corrected chi connectivity index (χ0v) is 12.3. The van der Waals surface area contributed by atoms with E-state index in [0.717, 1.165) is 11.3 Å². The largest absolute Gasteiger partial charge is 0.493 e. The lowest BCUT2D eigenvalue weighted by Crippen LogP contribution is -2.04. The topological polar surface area (TPSA) is 26.3 Å². The van der Waals surface area contributed by atoms with Crippen molar-refractivity contribution in [3.8, 4) is 5.75 Å². The average Bonchev–Trinajstić information content (AvgIpc) is 2.76. The third-order valence-electron chi connectivity index (χ3n) is 2.98. The van der Waals surface area contributed by atoms with Crippen LogP contribution < -0.4 is 4.74 Å². The van der Waals surface area contributed by atoms with Crippen molar-refractivity contribution >= 4 is 17.1 Å². The Morgan fingerprint density at radius 1 is 1.26 bits per heavy atom. The Hall–Kier alpha value is -1.61. The Bertz CT molecular complexity index is 565. The highest BCUT2D eigenvalue weighted by Gasteiger charge is 2.16. The molecule has 19 heavy (non-hydrogen) atoms. The van der Waals surface area contributed by atoms with Crippen molar-refractivity contribution in [2.45, 2.75) is 27.2 Å². The van der Waals surface area contributed by atoms with E-state index in [4.69, 9.17) is 4.74 Å². The number of thiophene rings is 1. The molecule has 0 atom stereocenters. The number of para-hydroxylation sites is 1. The third kappa shape index (κ3) is 3.04. The maximum Gasteiger partial charge on any atom is 0.206 e. The van der Waals surface area contributed by atoms with Gasteiger partial charge in [0.15, 0.2) is 0 Å². The molecule has 1 aromatic carbocycles. The van der Waals surface area contributed by atoms with Crippen molar-refractivity contribution in [2.24, 2.45) is 0 Å². The van der Waals surface area contributed by atoms with Gasteiger partial charge in [0, 0.05) is 4.88 Å². The fourth-order valence-corrected chi connectivity index (χ4v) is 2.80. The smallest absolute Gasteiger partial charge is 0.206 e. The Balaban J connectivity index is 2.33. The standard InChI is InChI=1S/C16H18O2S/c1-4-9-18-14-8-6-5-7-13(14)16(17)15-10-11(2)12(3)19-15/h5-8,10H,4,9H2,1-3H3. The van der Waals surface area contributed by atoms with Crippen LogP contribution in [-0.2, 0) is 0 Å². The normalized spacial score (nSPS) is 10.5. The van der Waals surface area contributed by atoms with E-state index in [2.05, 4.69) is 6.92 Å². The zero-order valence-electron chi connectivity index (χ0n) is 11.5. The van der Waals surface area contributed by atoms with Crippen LogP contribution in [-0.4, -0.2) is 12.4 Å². The van der Waals surface area contributed by atoms with Crippen LogP contribution in [0.5, 0.6) is 5.75 Å². The predicted molar refractivity (Wildman–Crippen MR) is 79.5 cm³/mol. The lowest BCUT2D eigenvalue weighted by molar-refractivity contribution is 0.103. The number of ether oxygens (including phenoxy) is 1. The molecule has 0 bridgehead atoms. The molecule has 2 nitrogen and oxygen atoms in total. The monoisotopic (exact) mass is 274 g/mol. The summed E-state index contributed by atoms with van der Waals surface area (Å²) in [7, 11) is 0. The van der Waals surface area contributed by atoms with Gasteiger partial charge in [-0.05, 0) is 44.0 Å². The van der Waals surface area contributed by atoms with Gasteiger partial charge >= 0.3 is 0 Å². The Morgan fingerprint density at radius 2 is 2.00 bits per heavy atom. The van der Waals surface area contributed by atoms with E-state index in [9.17, 15) is 4.79 Å². The van der Waals surface area contributed by atoms with Crippen LogP contribution in [0.15, 0.2) is 30.3 Å². The molecule has 0 unspecified atom stereocenters.